The minimum atomic E-state index is 0.417. The second-order valence-corrected chi connectivity index (χ2v) is 3.86. The molecule has 0 fully saturated rings. The van der Waals surface area contributed by atoms with Crippen LogP contribution in [-0.4, -0.2) is 15.2 Å². The third kappa shape index (κ3) is 1.68. The predicted octanol–water partition coefficient (Wildman–Crippen LogP) is 2.08. The van der Waals surface area contributed by atoms with Gasteiger partial charge in [0.2, 0.25) is 0 Å². The monoisotopic (exact) mass is 224 g/mol. The summed E-state index contributed by atoms with van der Waals surface area (Å²) in [5, 5.41) is 9.45. The summed E-state index contributed by atoms with van der Waals surface area (Å²) < 4.78 is 0. The van der Waals surface area contributed by atoms with Gasteiger partial charge < -0.3 is 10.7 Å². The van der Waals surface area contributed by atoms with Crippen molar-refractivity contribution in [2.75, 3.05) is 0 Å². The van der Waals surface area contributed by atoms with Crippen LogP contribution in [0.25, 0.3) is 22.2 Å². The molecule has 4 nitrogen and oxygen atoms in total. The van der Waals surface area contributed by atoms with E-state index in [1.54, 1.807) is 0 Å². The van der Waals surface area contributed by atoms with Gasteiger partial charge in [0.05, 0.1) is 16.9 Å². The molecule has 3 rings (SSSR count). The highest BCUT2D eigenvalue weighted by atomic mass is 15.1. The number of nitrogens with two attached hydrogens (primary N) is 1. The summed E-state index contributed by atoms with van der Waals surface area (Å²) in [5.74, 6) is 0. The number of aromatic nitrogens is 3. The lowest BCUT2D eigenvalue weighted by atomic mass is 10.1. The smallest absolute Gasteiger partial charge is 0.0950 e. The molecular formula is C13H12N4. The van der Waals surface area contributed by atoms with Crippen LogP contribution < -0.4 is 5.73 Å². The zero-order valence-corrected chi connectivity index (χ0v) is 9.22. The normalized spacial score (nSPS) is 10.9. The maximum Gasteiger partial charge on any atom is 0.0950 e. The molecule has 17 heavy (non-hydrogen) atoms. The molecule has 2 heterocycles. The molecule has 0 unspecified atom stereocenters. The molecule has 84 valence electrons. The zero-order chi connectivity index (χ0) is 11.7. The molecule has 3 aromatic rings. The summed E-state index contributed by atoms with van der Waals surface area (Å²) in [6, 6.07) is 12.0. The molecule has 0 saturated carbocycles. The number of fused-ring (bicyclic) bond motifs is 1. The Hall–Kier alpha value is -2.20. The van der Waals surface area contributed by atoms with E-state index in [1.165, 1.54) is 5.39 Å². The van der Waals surface area contributed by atoms with Crippen LogP contribution in [-0.2, 0) is 6.54 Å². The molecule has 0 radical (unpaired) electrons. The van der Waals surface area contributed by atoms with Crippen LogP contribution in [0.5, 0.6) is 0 Å². The number of rotatable bonds is 2. The lowest BCUT2D eigenvalue weighted by molar-refractivity contribution is 0.903. The van der Waals surface area contributed by atoms with Crippen molar-refractivity contribution in [2.45, 2.75) is 6.54 Å². The van der Waals surface area contributed by atoms with Crippen LogP contribution in [0.1, 0.15) is 5.69 Å². The number of nitrogens with zero attached hydrogens (tertiary/aromatic N) is 2. The van der Waals surface area contributed by atoms with Gasteiger partial charge in [0.25, 0.3) is 0 Å². The van der Waals surface area contributed by atoms with Gasteiger partial charge in [0.1, 0.15) is 0 Å². The van der Waals surface area contributed by atoms with Gasteiger partial charge in [-0.05, 0) is 18.2 Å². The maximum absolute atomic E-state index is 5.50. The Labute approximate surface area is 98.5 Å². The third-order valence-electron chi connectivity index (χ3n) is 2.79. The lowest BCUT2D eigenvalue weighted by Crippen LogP contribution is -2.01. The van der Waals surface area contributed by atoms with Gasteiger partial charge in [0.15, 0.2) is 0 Å². The van der Waals surface area contributed by atoms with Crippen molar-refractivity contribution in [3.05, 3.63) is 48.3 Å². The van der Waals surface area contributed by atoms with Gasteiger partial charge >= 0.3 is 0 Å². The Kier molecular flexibility index (Phi) is 2.34. The highest BCUT2D eigenvalue weighted by Gasteiger charge is 2.06. The van der Waals surface area contributed by atoms with Gasteiger partial charge in [-0.15, -0.1) is 0 Å². The molecule has 0 aliphatic carbocycles. The molecule has 0 bridgehead atoms. The average Bonchev–Trinajstić information content (AvgIpc) is 2.87. The molecule has 2 aromatic heterocycles. The summed E-state index contributed by atoms with van der Waals surface area (Å²) in [6.45, 7) is 0.417. The zero-order valence-electron chi connectivity index (χ0n) is 9.22. The minimum Gasteiger partial charge on any atom is -0.361 e. The van der Waals surface area contributed by atoms with Gasteiger partial charge in [-0.2, -0.15) is 10.2 Å². The predicted molar refractivity (Wildman–Crippen MR) is 67.2 cm³/mol. The van der Waals surface area contributed by atoms with E-state index >= 15 is 0 Å². The van der Waals surface area contributed by atoms with E-state index in [1.807, 2.05) is 36.5 Å². The van der Waals surface area contributed by atoms with E-state index < -0.39 is 0 Å². The van der Waals surface area contributed by atoms with E-state index in [2.05, 4.69) is 21.2 Å². The average molecular weight is 224 g/mol. The van der Waals surface area contributed by atoms with E-state index in [9.17, 15) is 0 Å². The van der Waals surface area contributed by atoms with E-state index in [-0.39, 0.29) is 0 Å². The molecule has 4 heteroatoms. The third-order valence-corrected chi connectivity index (χ3v) is 2.79. The molecule has 0 amide bonds. The van der Waals surface area contributed by atoms with Crippen molar-refractivity contribution in [3.63, 3.8) is 0 Å². The Bertz CT molecular complexity index is 640. The minimum absolute atomic E-state index is 0.417. The van der Waals surface area contributed by atoms with Crippen molar-refractivity contribution in [1.29, 1.82) is 0 Å². The van der Waals surface area contributed by atoms with Crippen molar-refractivity contribution >= 4 is 10.9 Å². The molecule has 1 aromatic carbocycles. The first-order chi connectivity index (χ1) is 8.38. The molecular weight excluding hydrogens is 212 g/mol. The number of para-hydroxylation sites is 1. The van der Waals surface area contributed by atoms with E-state index in [4.69, 9.17) is 5.73 Å². The number of benzene rings is 1. The van der Waals surface area contributed by atoms with Crippen molar-refractivity contribution in [3.8, 4) is 11.3 Å². The Morgan fingerprint density at radius 3 is 2.76 bits per heavy atom. The van der Waals surface area contributed by atoms with Gasteiger partial charge in [-0.3, -0.25) is 0 Å². The van der Waals surface area contributed by atoms with Crippen LogP contribution in [0.4, 0.5) is 0 Å². The molecule has 3 N–H and O–H groups in total. The fraction of sp³-hybridized carbons (Fsp3) is 0.0769. The lowest BCUT2D eigenvalue weighted by Gasteiger charge is -2.02. The molecule has 0 aliphatic heterocycles. The number of aromatic amines is 1. The summed E-state index contributed by atoms with van der Waals surface area (Å²) in [6.07, 6.45) is 1.93. The molecule has 0 spiro atoms. The number of nitrogens with one attached hydrogen (secondary N) is 1. The SMILES string of the molecule is NCc1ccc(-c2cccc3cc[nH]c23)nn1. The number of hydrogen-bond donors (Lipinski definition) is 2. The first kappa shape index (κ1) is 9.99. The Morgan fingerprint density at radius 2 is 2.00 bits per heavy atom. The fourth-order valence-corrected chi connectivity index (χ4v) is 1.91. The topological polar surface area (TPSA) is 67.6 Å². The van der Waals surface area contributed by atoms with Crippen molar-refractivity contribution in [2.24, 2.45) is 5.73 Å². The fourth-order valence-electron chi connectivity index (χ4n) is 1.91. The summed E-state index contributed by atoms with van der Waals surface area (Å²) in [7, 11) is 0. The number of H-pyrrole nitrogens is 1. The molecule has 0 atom stereocenters. The first-order valence-electron chi connectivity index (χ1n) is 5.47. The molecule has 0 aliphatic rings. The quantitative estimate of drug-likeness (QED) is 0.700. The van der Waals surface area contributed by atoms with Crippen LogP contribution in [0.3, 0.4) is 0 Å². The highest BCUT2D eigenvalue weighted by Crippen LogP contribution is 2.25. The Morgan fingerprint density at radius 1 is 1.06 bits per heavy atom. The maximum atomic E-state index is 5.50. The van der Waals surface area contributed by atoms with E-state index in [0.717, 1.165) is 22.5 Å². The van der Waals surface area contributed by atoms with Crippen LogP contribution in [0, 0.1) is 0 Å². The van der Waals surface area contributed by atoms with Crippen LogP contribution >= 0.6 is 0 Å². The second-order valence-electron chi connectivity index (χ2n) is 3.86. The van der Waals surface area contributed by atoms with Crippen molar-refractivity contribution in [1.82, 2.24) is 15.2 Å². The first-order valence-corrected chi connectivity index (χ1v) is 5.47. The van der Waals surface area contributed by atoms with E-state index in [0.29, 0.717) is 6.54 Å². The molecule has 0 saturated heterocycles. The second kappa shape index (κ2) is 3.99. The van der Waals surface area contributed by atoms with Gasteiger partial charge in [-0.1, -0.05) is 18.2 Å². The highest BCUT2D eigenvalue weighted by molar-refractivity contribution is 5.92. The summed E-state index contributed by atoms with van der Waals surface area (Å²) in [4.78, 5) is 3.22. The Balaban J connectivity index is 2.16. The van der Waals surface area contributed by atoms with Crippen LogP contribution in [0.15, 0.2) is 42.6 Å². The van der Waals surface area contributed by atoms with Gasteiger partial charge in [-0.25, -0.2) is 0 Å². The van der Waals surface area contributed by atoms with Gasteiger partial charge in [0, 0.05) is 23.7 Å². The van der Waals surface area contributed by atoms with Crippen LogP contribution in [0.2, 0.25) is 0 Å². The van der Waals surface area contributed by atoms with Crippen molar-refractivity contribution < 1.29 is 0 Å². The largest absolute Gasteiger partial charge is 0.361 e. The summed E-state index contributed by atoms with van der Waals surface area (Å²) >= 11 is 0. The standard InChI is InChI=1S/C13H12N4/c14-8-10-4-5-12(17-16-10)11-3-1-2-9-6-7-15-13(9)11/h1-7,15H,8,14H2. The number of hydrogen-bond acceptors (Lipinski definition) is 3. The summed E-state index contributed by atoms with van der Waals surface area (Å²) in [5.41, 5.74) is 9.30.